The van der Waals surface area contributed by atoms with Crippen LogP contribution in [-0.2, 0) is 9.71 Å². The fraction of sp³-hybridized carbons (Fsp3) is 0.417. The molecule has 2 aromatic rings. The van der Waals surface area contributed by atoms with Gasteiger partial charge in [-0.2, -0.15) is 0 Å². The van der Waals surface area contributed by atoms with Gasteiger partial charge in [-0.25, -0.2) is 4.21 Å². The first-order valence-electron chi connectivity index (χ1n) is 10.8. The molecule has 31 heavy (non-hydrogen) atoms. The number of nitrogens with zero attached hydrogens (tertiary/aromatic N) is 2. The number of rotatable bonds is 4. The molecule has 2 aliphatic heterocycles. The minimum Gasteiger partial charge on any atom is -0.489 e. The third kappa shape index (κ3) is 4.55. The summed E-state index contributed by atoms with van der Waals surface area (Å²) >= 11 is 6.08. The van der Waals surface area contributed by atoms with Crippen LogP contribution in [-0.4, -0.2) is 46.3 Å². The Morgan fingerprint density at radius 3 is 2.55 bits per heavy atom. The number of halogens is 1. The minimum absolute atomic E-state index is 0.0369. The van der Waals surface area contributed by atoms with E-state index in [1.54, 1.807) is 12.3 Å². The van der Waals surface area contributed by atoms with Crippen molar-refractivity contribution in [2.75, 3.05) is 30.3 Å². The van der Waals surface area contributed by atoms with Crippen molar-refractivity contribution in [3.05, 3.63) is 58.6 Å². The highest BCUT2D eigenvalue weighted by atomic mass is 35.5. The maximum atomic E-state index is 13.7. The Morgan fingerprint density at radius 1 is 1.16 bits per heavy atom. The molecular weight excluding hydrogens is 432 g/mol. The molecule has 2 aliphatic rings. The van der Waals surface area contributed by atoms with Crippen LogP contribution in [0.15, 0.2) is 42.5 Å². The Bertz CT molecular complexity index is 1070. The molecule has 0 radical (unpaired) electrons. The maximum Gasteiger partial charge on any atom is 0.253 e. The number of fused-ring (bicyclic) bond motifs is 1. The predicted molar refractivity (Wildman–Crippen MR) is 129 cm³/mol. The summed E-state index contributed by atoms with van der Waals surface area (Å²) in [5.41, 5.74) is 2.36. The van der Waals surface area contributed by atoms with Gasteiger partial charge < -0.3 is 9.64 Å². The highest BCUT2D eigenvalue weighted by Gasteiger charge is 2.34. The number of piperidine rings is 1. The fourth-order valence-corrected chi connectivity index (χ4v) is 6.52. The van der Waals surface area contributed by atoms with Crippen LogP contribution in [0.5, 0.6) is 5.75 Å². The Kier molecular flexibility index (Phi) is 6.49. The number of hydrogen-bond donors (Lipinski definition) is 0. The average Bonchev–Trinajstić information content (AvgIpc) is 2.78. The van der Waals surface area contributed by atoms with Gasteiger partial charge in [0.15, 0.2) is 0 Å². The number of carbonyl (C=O) groups is 1. The van der Waals surface area contributed by atoms with Crippen LogP contribution in [0.1, 0.15) is 54.6 Å². The van der Waals surface area contributed by atoms with Gasteiger partial charge in [0.2, 0.25) is 0 Å². The van der Waals surface area contributed by atoms with Crippen molar-refractivity contribution in [1.82, 2.24) is 4.90 Å². The van der Waals surface area contributed by atoms with Crippen molar-refractivity contribution in [1.29, 1.82) is 0 Å². The van der Waals surface area contributed by atoms with E-state index >= 15 is 0 Å². The molecule has 0 aliphatic carbocycles. The smallest absolute Gasteiger partial charge is 0.253 e. The molecule has 0 spiro atoms. The lowest BCUT2D eigenvalue weighted by Crippen LogP contribution is -2.41. The number of ether oxygens (including phenoxy) is 1. The number of amides is 1. The van der Waals surface area contributed by atoms with E-state index in [1.807, 2.05) is 57.9 Å². The topological polar surface area (TPSA) is 49.9 Å². The van der Waals surface area contributed by atoms with E-state index in [-0.39, 0.29) is 11.9 Å². The van der Waals surface area contributed by atoms with Gasteiger partial charge in [-0.05, 0) is 66.9 Å². The van der Waals surface area contributed by atoms with Gasteiger partial charge >= 0.3 is 0 Å². The summed E-state index contributed by atoms with van der Waals surface area (Å²) in [6.07, 6.45) is 5.74. The first-order chi connectivity index (χ1) is 14.9. The fourth-order valence-electron chi connectivity index (χ4n) is 4.38. The van der Waals surface area contributed by atoms with E-state index in [0.29, 0.717) is 29.4 Å². The molecule has 2 heterocycles. The van der Waals surface area contributed by atoms with E-state index in [1.165, 1.54) is 6.42 Å². The first kappa shape index (κ1) is 22.0. The van der Waals surface area contributed by atoms with Crippen LogP contribution in [0.2, 0.25) is 5.02 Å². The molecule has 1 fully saturated rings. The highest BCUT2D eigenvalue weighted by molar-refractivity contribution is 8.01. The van der Waals surface area contributed by atoms with Gasteiger partial charge in [0.05, 0.1) is 5.69 Å². The number of carbonyl (C=O) groups excluding carboxylic acids is 1. The zero-order valence-electron chi connectivity index (χ0n) is 18.1. The molecule has 5 nitrogen and oxygen atoms in total. The van der Waals surface area contributed by atoms with Crippen LogP contribution in [0.25, 0.3) is 0 Å². The molecular formula is C24H29ClN2O3S. The van der Waals surface area contributed by atoms with E-state index in [0.717, 1.165) is 37.2 Å². The lowest BCUT2D eigenvalue weighted by Gasteiger charge is -2.40. The largest absolute Gasteiger partial charge is 0.489 e. The van der Waals surface area contributed by atoms with Crippen molar-refractivity contribution in [3.8, 4) is 5.75 Å². The zero-order valence-corrected chi connectivity index (χ0v) is 19.6. The standard InChI is InChI=1S/C24H29ClN2O3S/c1-3-15-31(2,29)27-21-12-9-19(24(28)26-13-5-4-6-14-26)16-23(21)30-17-22(27)18-7-10-20(25)11-8-18/h7-12,15-16,22H,3-6,13-14,17H2,1-2H3. The van der Waals surface area contributed by atoms with Crippen molar-refractivity contribution in [2.24, 2.45) is 0 Å². The zero-order chi connectivity index (χ0) is 22.0. The summed E-state index contributed by atoms with van der Waals surface area (Å²) < 4.78 is 21.8. The van der Waals surface area contributed by atoms with Gasteiger partial charge in [-0.3, -0.25) is 9.10 Å². The van der Waals surface area contributed by atoms with E-state index in [2.05, 4.69) is 0 Å². The second-order valence-electron chi connectivity index (χ2n) is 8.18. The van der Waals surface area contributed by atoms with Crippen LogP contribution < -0.4 is 9.04 Å². The molecule has 2 unspecified atom stereocenters. The van der Waals surface area contributed by atoms with Crippen molar-refractivity contribution in [3.63, 3.8) is 0 Å². The molecule has 2 aromatic carbocycles. The third-order valence-electron chi connectivity index (χ3n) is 5.89. The van der Waals surface area contributed by atoms with Crippen LogP contribution in [0, 0.1) is 0 Å². The first-order valence-corrected chi connectivity index (χ1v) is 13.2. The molecule has 1 saturated heterocycles. The van der Waals surface area contributed by atoms with Crippen molar-refractivity contribution in [2.45, 2.75) is 38.6 Å². The average molecular weight is 461 g/mol. The third-order valence-corrected chi connectivity index (χ3v) is 8.32. The van der Waals surface area contributed by atoms with E-state index in [9.17, 15) is 9.00 Å². The Balaban J connectivity index is 1.73. The lowest BCUT2D eigenvalue weighted by atomic mass is 10.0. The predicted octanol–water partition coefficient (Wildman–Crippen LogP) is 4.95. The van der Waals surface area contributed by atoms with Crippen LogP contribution >= 0.6 is 11.6 Å². The summed E-state index contributed by atoms with van der Waals surface area (Å²) in [7, 11) is -2.46. The molecule has 0 aromatic heterocycles. The Hall–Kier alpha value is -2.18. The van der Waals surface area contributed by atoms with Crippen LogP contribution in [0.3, 0.4) is 0 Å². The molecule has 7 heteroatoms. The van der Waals surface area contributed by atoms with E-state index in [4.69, 9.17) is 16.3 Å². The quantitative estimate of drug-likeness (QED) is 0.606. The second kappa shape index (κ2) is 9.13. The van der Waals surface area contributed by atoms with Gasteiger partial charge in [-0.1, -0.05) is 30.7 Å². The molecule has 0 bridgehead atoms. The number of hydrogen-bond acceptors (Lipinski definition) is 3. The van der Waals surface area contributed by atoms with Gasteiger partial charge in [0, 0.05) is 39.6 Å². The van der Waals surface area contributed by atoms with Gasteiger partial charge in [0.1, 0.15) is 18.4 Å². The normalized spacial score (nSPS) is 20.4. The molecule has 4 rings (SSSR count). The molecule has 2 atom stereocenters. The van der Waals surface area contributed by atoms with Crippen molar-refractivity contribution >= 4 is 38.3 Å². The number of anilines is 1. The molecule has 0 N–H and O–H groups in total. The van der Waals surface area contributed by atoms with Crippen molar-refractivity contribution < 1.29 is 13.7 Å². The van der Waals surface area contributed by atoms with Gasteiger partial charge in [0.25, 0.3) is 5.91 Å². The summed E-state index contributed by atoms with van der Waals surface area (Å²) in [6.45, 7) is 3.94. The maximum absolute atomic E-state index is 13.7. The highest BCUT2D eigenvalue weighted by Crippen LogP contribution is 2.42. The Labute approximate surface area is 190 Å². The van der Waals surface area contributed by atoms with Gasteiger partial charge in [-0.15, -0.1) is 0 Å². The minimum atomic E-state index is -2.46. The Morgan fingerprint density at radius 2 is 1.87 bits per heavy atom. The summed E-state index contributed by atoms with van der Waals surface area (Å²) in [5.74, 6) is 0.641. The summed E-state index contributed by atoms with van der Waals surface area (Å²) in [4.78, 5) is 14.9. The number of benzene rings is 2. The molecule has 166 valence electrons. The lowest BCUT2D eigenvalue weighted by molar-refractivity contribution is 0.0724. The SMILES string of the molecule is CCC=S(C)(=O)N1c2ccc(C(=O)N3CCCCC3)cc2OCC1c1ccc(Cl)cc1. The number of likely N-dealkylation sites (tertiary alicyclic amines) is 1. The second-order valence-corrected chi connectivity index (χ2v) is 11.1. The molecule has 0 saturated carbocycles. The summed E-state index contributed by atoms with van der Waals surface area (Å²) in [6, 6.07) is 12.9. The molecule has 1 amide bonds. The summed E-state index contributed by atoms with van der Waals surface area (Å²) in [5, 5.41) is 2.52. The van der Waals surface area contributed by atoms with E-state index < -0.39 is 9.71 Å². The monoisotopic (exact) mass is 460 g/mol. The van der Waals surface area contributed by atoms with Crippen LogP contribution in [0.4, 0.5) is 5.69 Å².